The van der Waals surface area contributed by atoms with Gasteiger partial charge in [0.15, 0.2) is 5.69 Å². The van der Waals surface area contributed by atoms with Gasteiger partial charge in [0, 0.05) is 36.8 Å². The second-order valence-electron chi connectivity index (χ2n) is 9.83. The number of nitro groups is 1. The monoisotopic (exact) mass is 555 g/mol. The molecule has 3 aromatic rings. The molecule has 0 saturated carbocycles. The topological polar surface area (TPSA) is 137 Å². The quantitative estimate of drug-likeness (QED) is 0.295. The smallest absolute Gasteiger partial charge is 0.274 e. The highest BCUT2D eigenvalue weighted by Gasteiger charge is 2.31. The number of carbonyl (C=O) groups excluding carboxylic acids is 1. The number of amides is 1. The van der Waals surface area contributed by atoms with Crippen molar-refractivity contribution in [2.24, 2.45) is 0 Å². The van der Waals surface area contributed by atoms with Crippen LogP contribution in [0.1, 0.15) is 60.3 Å². The number of nitrogens with zero attached hydrogens (tertiary/aromatic N) is 4. The molecular formula is C27H33N5O6S. The summed E-state index contributed by atoms with van der Waals surface area (Å²) in [5.74, 6) is -0.194. The van der Waals surface area contributed by atoms with E-state index in [1.807, 2.05) is 39.0 Å². The third-order valence-electron chi connectivity index (χ3n) is 7.07. The number of hydrogen-bond acceptors (Lipinski definition) is 7. The number of benzene rings is 2. The maximum atomic E-state index is 13.4. The molecule has 1 aromatic heterocycles. The van der Waals surface area contributed by atoms with Crippen molar-refractivity contribution in [1.29, 1.82) is 0 Å². The lowest BCUT2D eigenvalue weighted by atomic mass is 10.1. The first-order valence-electron chi connectivity index (χ1n) is 12.9. The highest BCUT2D eigenvalue weighted by molar-refractivity contribution is 7.89. The van der Waals surface area contributed by atoms with Gasteiger partial charge in [-0.3, -0.25) is 14.9 Å². The predicted molar refractivity (Wildman–Crippen MR) is 146 cm³/mol. The van der Waals surface area contributed by atoms with E-state index in [1.54, 1.807) is 18.7 Å². The molecule has 0 spiro atoms. The molecule has 1 aliphatic heterocycles. The Balaban J connectivity index is 1.90. The number of carbonyl (C=O) groups is 1. The Hall–Kier alpha value is -3.77. The van der Waals surface area contributed by atoms with E-state index in [-0.39, 0.29) is 28.1 Å². The number of non-ortho nitro benzene ring substituents is 1. The first kappa shape index (κ1) is 28.2. The van der Waals surface area contributed by atoms with Crippen LogP contribution in [0.5, 0.6) is 11.6 Å². The highest BCUT2D eigenvalue weighted by atomic mass is 32.2. The van der Waals surface area contributed by atoms with Crippen LogP contribution in [0.4, 0.5) is 5.69 Å². The number of nitrogens with one attached hydrogen (secondary N) is 1. The van der Waals surface area contributed by atoms with Crippen molar-refractivity contribution in [2.45, 2.75) is 64.8 Å². The standard InChI is InChI=1S/C27H33N5O6S/c1-6-18(3)29-39(36,37)24-16-21(32(34)35)12-13-23(24)38-27-20(5)25(26(33)30-14-7-8-15-30)28-31(27)22-11-9-10-17(2)19(22)4/h9-13,16,18,29H,6-8,14-15H2,1-5H3/t18-/m1/s1. The number of sulfonamides is 1. The van der Waals surface area contributed by atoms with E-state index in [4.69, 9.17) is 4.74 Å². The van der Waals surface area contributed by atoms with Crippen molar-refractivity contribution in [2.75, 3.05) is 13.1 Å². The van der Waals surface area contributed by atoms with E-state index in [2.05, 4.69) is 9.82 Å². The zero-order valence-corrected chi connectivity index (χ0v) is 23.5. The molecular weight excluding hydrogens is 522 g/mol. The molecule has 1 atom stereocenters. The SMILES string of the molecule is CC[C@@H](C)NS(=O)(=O)c1cc([N+](=O)[O-])ccc1Oc1c(C)c(C(=O)N2CCCC2)nn1-c1cccc(C)c1C. The van der Waals surface area contributed by atoms with E-state index in [9.17, 15) is 23.3 Å². The minimum Gasteiger partial charge on any atom is -0.437 e. The van der Waals surface area contributed by atoms with Crippen LogP contribution in [-0.4, -0.2) is 53.1 Å². The van der Waals surface area contributed by atoms with Crippen LogP contribution >= 0.6 is 0 Å². The molecule has 1 amide bonds. The second-order valence-corrected chi connectivity index (χ2v) is 11.5. The molecule has 1 N–H and O–H groups in total. The number of likely N-dealkylation sites (tertiary alicyclic amines) is 1. The summed E-state index contributed by atoms with van der Waals surface area (Å²) >= 11 is 0. The largest absolute Gasteiger partial charge is 0.437 e. The van der Waals surface area contributed by atoms with Crippen molar-refractivity contribution in [3.8, 4) is 17.3 Å². The molecule has 1 saturated heterocycles. The van der Waals surface area contributed by atoms with E-state index < -0.39 is 26.7 Å². The summed E-state index contributed by atoms with van der Waals surface area (Å²) < 4.78 is 36.9. The first-order valence-corrected chi connectivity index (χ1v) is 14.4. The normalized spacial score (nSPS) is 14.4. The van der Waals surface area contributed by atoms with Crippen LogP contribution in [0.15, 0.2) is 41.3 Å². The van der Waals surface area contributed by atoms with Crippen molar-refractivity contribution in [3.05, 3.63) is 68.9 Å². The van der Waals surface area contributed by atoms with Crippen LogP contribution in [0.2, 0.25) is 0 Å². The fraction of sp³-hybridized carbons (Fsp3) is 0.407. The molecule has 2 heterocycles. The molecule has 0 unspecified atom stereocenters. The highest BCUT2D eigenvalue weighted by Crippen LogP contribution is 2.37. The minimum absolute atomic E-state index is 0.119. The molecule has 2 aromatic carbocycles. The number of hydrogen-bond donors (Lipinski definition) is 1. The number of ether oxygens (including phenoxy) is 1. The van der Waals surface area contributed by atoms with Crippen LogP contribution < -0.4 is 9.46 Å². The third-order valence-corrected chi connectivity index (χ3v) is 8.68. The number of aryl methyl sites for hydroxylation is 1. The molecule has 1 fully saturated rings. The maximum Gasteiger partial charge on any atom is 0.274 e. The zero-order valence-electron chi connectivity index (χ0n) is 22.7. The maximum absolute atomic E-state index is 13.4. The van der Waals surface area contributed by atoms with E-state index in [0.29, 0.717) is 30.8 Å². The molecule has 11 nitrogen and oxygen atoms in total. The van der Waals surface area contributed by atoms with Crippen LogP contribution in [0.25, 0.3) is 5.69 Å². The van der Waals surface area contributed by atoms with Crippen LogP contribution in [0, 0.1) is 30.9 Å². The molecule has 0 radical (unpaired) electrons. The molecule has 4 rings (SSSR count). The molecule has 1 aliphatic rings. The molecule has 12 heteroatoms. The first-order chi connectivity index (χ1) is 18.4. The van der Waals surface area contributed by atoms with Gasteiger partial charge in [-0.1, -0.05) is 19.1 Å². The van der Waals surface area contributed by atoms with Crippen molar-refractivity contribution < 1.29 is 22.9 Å². The van der Waals surface area contributed by atoms with Gasteiger partial charge in [0.25, 0.3) is 11.6 Å². The Morgan fingerprint density at radius 3 is 2.49 bits per heavy atom. The summed E-state index contributed by atoms with van der Waals surface area (Å²) in [4.78, 5) is 25.6. The Morgan fingerprint density at radius 2 is 1.85 bits per heavy atom. The lowest BCUT2D eigenvalue weighted by Crippen LogP contribution is -2.32. The molecule has 39 heavy (non-hydrogen) atoms. The fourth-order valence-electron chi connectivity index (χ4n) is 4.42. The number of nitro benzene ring substituents is 1. The molecule has 0 aliphatic carbocycles. The summed E-state index contributed by atoms with van der Waals surface area (Å²) in [6, 6.07) is 8.65. The summed E-state index contributed by atoms with van der Waals surface area (Å²) in [5.41, 5.74) is 2.81. The van der Waals surface area contributed by atoms with Crippen LogP contribution in [-0.2, 0) is 10.0 Å². The van der Waals surface area contributed by atoms with Crippen molar-refractivity contribution in [3.63, 3.8) is 0 Å². The van der Waals surface area contributed by atoms with Gasteiger partial charge in [0.1, 0.15) is 10.6 Å². The van der Waals surface area contributed by atoms with Gasteiger partial charge in [0.05, 0.1) is 10.6 Å². The Kier molecular flexibility index (Phi) is 8.07. The minimum atomic E-state index is -4.19. The average Bonchev–Trinajstić information content (AvgIpc) is 3.54. The zero-order chi connectivity index (χ0) is 28.5. The molecule has 208 valence electrons. The lowest BCUT2D eigenvalue weighted by molar-refractivity contribution is -0.385. The van der Waals surface area contributed by atoms with Gasteiger partial charge in [-0.05, 0) is 70.2 Å². The summed E-state index contributed by atoms with van der Waals surface area (Å²) in [6.07, 6.45) is 2.35. The summed E-state index contributed by atoms with van der Waals surface area (Å²) in [5, 5.41) is 16.1. The van der Waals surface area contributed by atoms with Gasteiger partial charge in [0.2, 0.25) is 15.9 Å². The average molecular weight is 556 g/mol. The van der Waals surface area contributed by atoms with Gasteiger partial charge < -0.3 is 9.64 Å². The fourth-order valence-corrected chi connectivity index (χ4v) is 5.90. The van der Waals surface area contributed by atoms with Gasteiger partial charge in [-0.2, -0.15) is 9.78 Å². The Morgan fingerprint density at radius 1 is 1.15 bits per heavy atom. The van der Waals surface area contributed by atoms with E-state index in [0.717, 1.165) is 30.0 Å². The Bertz CT molecular complexity index is 1530. The van der Waals surface area contributed by atoms with Crippen molar-refractivity contribution in [1.82, 2.24) is 19.4 Å². The third kappa shape index (κ3) is 5.66. The van der Waals surface area contributed by atoms with Gasteiger partial charge >= 0.3 is 0 Å². The van der Waals surface area contributed by atoms with E-state index >= 15 is 0 Å². The predicted octanol–water partition coefficient (Wildman–Crippen LogP) is 4.81. The summed E-state index contributed by atoms with van der Waals surface area (Å²) in [6.45, 7) is 10.4. The number of rotatable bonds is 9. The van der Waals surface area contributed by atoms with Gasteiger partial charge in [-0.15, -0.1) is 0 Å². The van der Waals surface area contributed by atoms with E-state index in [1.165, 1.54) is 16.8 Å². The van der Waals surface area contributed by atoms with Gasteiger partial charge in [-0.25, -0.2) is 13.1 Å². The second kappa shape index (κ2) is 11.1. The van der Waals surface area contributed by atoms with Crippen LogP contribution in [0.3, 0.4) is 0 Å². The number of aromatic nitrogens is 2. The lowest BCUT2D eigenvalue weighted by Gasteiger charge is -2.17. The van der Waals surface area contributed by atoms with Crippen molar-refractivity contribution >= 4 is 21.6 Å². The molecule has 0 bridgehead atoms. The Labute approximate surface area is 228 Å². The summed E-state index contributed by atoms with van der Waals surface area (Å²) in [7, 11) is -4.19.